The summed E-state index contributed by atoms with van der Waals surface area (Å²) >= 11 is 0. The second-order valence-electron chi connectivity index (χ2n) is 4.52. The molecule has 0 saturated carbocycles. The van der Waals surface area contributed by atoms with Crippen molar-refractivity contribution in [1.29, 1.82) is 0 Å². The van der Waals surface area contributed by atoms with E-state index in [9.17, 15) is 5.11 Å². The van der Waals surface area contributed by atoms with Gasteiger partial charge in [-0.15, -0.1) is 12.4 Å². The van der Waals surface area contributed by atoms with Crippen molar-refractivity contribution in [2.24, 2.45) is 5.73 Å². The first kappa shape index (κ1) is 16.3. The molecule has 0 radical (unpaired) electrons. The van der Waals surface area contributed by atoms with Crippen molar-refractivity contribution in [2.45, 2.75) is 26.0 Å². The Hall–Kier alpha value is -1.71. The zero-order valence-corrected chi connectivity index (χ0v) is 12.3. The van der Waals surface area contributed by atoms with E-state index >= 15 is 0 Å². The van der Waals surface area contributed by atoms with Gasteiger partial charge in [0.25, 0.3) is 0 Å². The molecule has 4 heteroatoms. The summed E-state index contributed by atoms with van der Waals surface area (Å²) in [4.78, 5) is 0. The lowest BCUT2D eigenvalue weighted by molar-refractivity contribution is 0.288. The maximum atomic E-state index is 9.93. The second-order valence-corrected chi connectivity index (χ2v) is 4.52. The molecular formula is C16H20ClNO2. The quantitative estimate of drug-likeness (QED) is 0.881. The molecule has 0 amide bonds. The van der Waals surface area contributed by atoms with Gasteiger partial charge in [0, 0.05) is 6.04 Å². The first-order valence-electron chi connectivity index (χ1n) is 6.46. The minimum atomic E-state index is -0.0472. The van der Waals surface area contributed by atoms with Crippen molar-refractivity contribution in [3.8, 4) is 11.5 Å². The number of halogens is 1. The van der Waals surface area contributed by atoms with E-state index < -0.39 is 0 Å². The average molecular weight is 294 g/mol. The summed E-state index contributed by atoms with van der Waals surface area (Å²) in [6, 6.07) is 15.1. The molecule has 0 bridgehead atoms. The molecule has 3 N–H and O–H groups in total. The van der Waals surface area contributed by atoms with E-state index in [1.54, 1.807) is 12.1 Å². The summed E-state index contributed by atoms with van der Waals surface area (Å²) in [6.07, 6.45) is 0.837. The molecular weight excluding hydrogens is 274 g/mol. The van der Waals surface area contributed by atoms with Crippen molar-refractivity contribution in [2.75, 3.05) is 0 Å². The molecule has 0 heterocycles. The number of rotatable bonds is 5. The number of hydrogen-bond donors (Lipinski definition) is 2. The Labute approximate surface area is 125 Å². The Morgan fingerprint density at radius 3 is 2.45 bits per heavy atom. The minimum Gasteiger partial charge on any atom is -0.504 e. The highest BCUT2D eigenvalue weighted by molar-refractivity contribution is 5.85. The standard InChI is InChI=1S/C16H19NO2.ClH/c1-2-14(17)13-8-9-16(15(18)10-13)19-11-12-6-4-3-5-7-12;/h3-10,14,18H,2,11,17H2,1H3;1H. The number of hydrogen-bond acceptors (Lipinski definition) is 3. The monoisotopic (exact) mass is 293 g/mol. The van der Waals surface area contributed by atoms with E-state index in [4.69, 9.17) is 10.5 Å². The summed E-state index contributed by atoms with van der Waals surface area (Å²) < 4.78 is 5.60. The maximum Gasteiger partial charge on any atom is 0.161 e. The van der Waals surface area contributed by atoms with Crippen molar-refractivity contribution < 1.29 is 9.84 Å². The molecule has 0 saturated heterocycles. The van der Waals surface area contributed by atoms with Crippen LogP contribution in [0.5, 0.6) is 11.5 Å². The fourth-order valence-electron chi connectivity index (χ4n) is 1.86. The molecule has 2 aromatic rings. The lowest BCUT2D eigenvalue weighted by Crippen LogP contribution is -2.08. The Kier molecular flexibility index (Phi) is 6.36. The van der Waals surface area contributed by atoms with Gasteiger partial charge in [-0.05, 0) is 29.7 Å². The maximum absolute atomic E-state index is 9.93. The second kappa shape index (κ2) is 7.78. The van der Waals surface area contributed by atoms with E-state index in [0.29, 0.717) is 12.4 Å². The first-order valence-corrected chi connectivity index (χ1v) is 6.46. The van der Waals surface area contributed by atoms with Gasteiger partial charge in [0.2, 0.25) is 0 Å². The number of nitrogens with two attached hydrogens (primary N) is 1. The minimum absolute atomic E-state index is 0. The Bertz CT molecular complexity index is 531. The van der Waals surface area contributed by atoms with Crippen molar-refractivity contribution in [3.05, 3.63) is 59.7 Å². The number of ether oxygens (including phenoxy) is 1. The van der Waals surface area contributed by atoms with Crippen LogP contribution in [0.25, 0.3) is 0 Å². The third kappa shape index (κ3) is 4.15. The van der Waals surface area contributed by atoms with Crippen LogP contribution >= 0.6 is 12.4 Å². The van der Waals surface area contributed by atoms with Gasteiger partial charge in [-0.1, -0.05) is 43.3 Å². The molecule has 2 rings (SSSR count). The molecule has 0 aliphatic heterocycles. The van der Waals surface area contributed by atoms with Crippen LogP contribution in [0, 0.1) is 0 Å². The van der Waals surface area contributed by atoms with Crippen LogP contribution in [-0.2, 0) is 6.61 Å². The van der Waals surface area contributed by atoms with Crippen LogP contribution in [0.3, 0.4) is 0 Å². The molecule has 0 spiro atoms. The van der Waals surface area contributed by atoms with Gasteiger partial charge in [-0.3, -0.25) is 0 Å². The van der Waals surface area contributed by atoms with Crippen LogP contribution in [0.15, 0.2) is 48.5 Å². The van der Waals surface area contributed by atoms with E-state index in [1.807, 2.05) is 43.3 Å². The van der Waals surface area contributed by atoms with Gasteiger partial charge in [-0.25, -0.2) is 0 Å². The molecule has 2 aromatic carbocycles. The van der Waals surface area contributed by atoms with E-state index in [2.05, 4.69) is 0 Å². The van der Waals surface area contributed by atoms with Gasteiger partial charge < -0.3 is 15.6 Å². The summed E-state index contributed by atoms with van der Waals surface area (Å²) in [5.74, 6) is 0.619. The normalized spacial score (nSPS) is 11.5. The van der Waals surface area contributed by atoms with Gasteiger partial charge in [0.05, 0.1) is 0 Å². The highest BCUT2D eigenvalue weighted by Gasteiger charge is 2.08. The number of aromatic hydroxyl groups is 1. The van der Waals surface area contributed by atoms with Crippen LogP contribution in [0.2, 0.25) is 0 Å². The molecule has 0 fully saturated rings. The SMILES string of the molecule is CCC(N)c1ccc(OCc2ccccc2)c(O)c1.Cl. The van der Waals surface area contributed by atoms with Gasteiger partial charge in [0.15, 0.2) is 11.5 Å². The predicted octanol–water partition coefficient (Wildman–Crippen LogP) is 3.80. The van der Waals surface area contributed by atoms with Crippen molar-refractivity contribution >= 4 is 12.4 Å². The van der Waals surface area contributed by atoms with Crippen molar-refractivity contribution in [1.82, 2.24) is 0 Å². The molecule has 0 aliphatic rings. The predicted molar refractivity (Wildman–Crippen MR) is 83.3 cm³/mol. The Morgan fingerprint density at radius 1 is 1.15 bits per heavy atom. The summed E-state index contributed by atoms with van der Waals surface area (Å²) in [5, 5.41) is 9.93. The number of benzene rings is 2. The average Bonchev–Trinajstić information content (AvgIpc) is 2.46. The Morgan fingerprint density at radius 2 is 1.85 bits per heavy atom. The van der Waals surface area contributed by atoms with E-state index in [0.717, 1.165) is 17.5 Å². The third-order valence-electron chi connectivity index (χ3n) is 3.09. The third-order valence-corrected chi connectivity index (χ3v) is 3.09. The lowest BCUT2D eigenvalue weighted by atomic mass is 10.1. The topological polar surface area (TPSA) is 55.5 Å². The molecule has 1 unspecified atom stereocenters. The summed E-state index contributed by atoms with van der Waals surface area (Å²) in [5.41, 5.74) is 7.92. The fraction of sp³-hybridized carbons (Fsp3) is 0.250. The van der Waals surface area contributed by atoms with Crippen LogP contribution in [-0.4, -0.2) is 5.11 Å². The smallest absolute Gasteiger partial charge is 0.161 e. The van der Waals surface area contributed by atoms with Crippen molar-refractivity contribution in [3.63, 3.8) is 0 Å². The van der Waals surface area contributed by atoms with Gasteiger partial charge in [0.1, 0.15) is 6.61 Å². The van der Waals surface area contributed by atoms with Crippen LogP contribution < -0.4 is 10.5 Å². The zero-order chi connectivity index (χ0) is 13.7. The molecule has 108 valence electrons. The number of phenols is 1. The molecule has 0 aliphatic carbocycles. The highest BCUT2D eigenvalue weighted by Crippen LogP contribution is 2.30. The largest absolute Gasteiger partial charge is 0.504 e. The lowest BCUT2D eigenvalue weighted by Gasteiger charge is -2.12. The number of phenolic OH excluding ortho intramolecular Hbond substituents is 1. The van der Waals surface area contributed by atoms with Crippen LogP contribution in [0.4, 0.5) is 0 Å². The zero-order valence-electron chi connectivity index (χ0n) is 11.5. The molecule has 1 atom stereocenters. The van der Waals surface area contributed by atoms with E-state index in [1.165, 1.54) is 0 Å². The van der Waals surface area contributed by atoms with Gasteiger partial charge in [-0.2, -0.15) is 0 Å². The summed E-state index contributed by atoms with van der Waals surface area (Å²) in [7, 11) is 0. The van der Waals surface area contributed by atoms with Crippen LogP contribution in [0.1, 0.15) is 30.5 Å². The first-order chi connectivity index (χ1) is 9.20. The summed E-state index contributed by atoms with van der Waals surface area (Å²) in [6.45, 7) is 2.45. The Balaban J connectivity index is 0.00000200. The molecule has 0 aromatic heterocycles. The molecule has 3 nitrogen and oxygen atoms in total. The van der Waals surface area contributed by atoms with E-state index in [-0.39, 0.29) is 24.2 Å². The fourth-order valence-corrected chi connectivity index (χ4v) is 1.86. The molecule has 20 heavy (non-hydrogen) atoms. The van der Waals surface area contributed by atoms with Gasteiger partial charge >= 0.3 is 0 Å². The highest BCUT2D eigenvalue weighted by atomic mass is 35.5.